The van der Waals surface area contributed by atoms with Gasteiger partial charge >= 0.3 is 11.8 Å². The number of rotatable bonds is 3. The molecule has 5 heteroatoms. The molecule has 0 radical (unpaired) electrons. The van der Waals surface area contributed by atoms with Gasteiger partial charge in [-0.25, -0.2) is 0 Å². The third-order valence-electron chi connectivity index (χ3n) is 4.40. The van der Waals surface area contributed by atoms with Gasteiger partial charge in [0.2, 0.25) is 0 Å². The van der Waals surface area contributed by atoms with Gasteiger partial charge in [-0.05, 0) is 45.5 Å². The second kappa shape index (κ2) is 7.40. The SMILES string of the molecule is CC(NC(=O)C(=O)N(C)C1CCN(C)CC1)c1ccccc1. The lowest BCUT2D eigenvalue weighted by molar-refractivity contribution is -0.147. The molecule has 2 amide bonds. The minimum absolute atomic E-state index is 0.154. The Morgan fingerprint density at radius 3 is 2.41 bits per heavy atom. The zero-order valence-corrected chi connectivity index (χ0v) is 13.6. The molecule has 1 saturated heterocycles. The number of hydrogen-bond donors (Lipinski definition) is 1. The highest BCUT2D eigenvalue weighted by Gasteiger charge is 2.28. The molecular weight excluding hydrogens is 278 g/mol. The smallest absolute Gasteiger partial charge is 0.311 e. The van der Waals surface area contributed by atoms with E-state index in [-0.39, 0.29) is 12.1 Å². The monoisotopic (exact) mass is 303 g/mol. The van der Waals surface area contributed by atoms with Crippen molar-refractivity contribution in [3.63, 3.8) is 0 Å². The molecule has 0 saturated carbocycles. The minimum Gasteiger partial charge on any atom is -0.341 e. The van der Waals surface area contributed by atoms with Crippen LogP contribution in [0.1, 0.15) is 31.4 Å². The second-order valence-electron chi connectivity index (χ2n) is 6.06. The van der Waals surface area contributed by atoms with Gasteiger partial charge in [0.15, 0.2) is 0 Å². The molecule has 1 aromatic rings. The first kappa shape index (κ1) is 16.5. The zero-order chi connectivity index (χ0) is 16.1. The Hall–Kier alpha value is -1.88. The Balaban J connectivity index is 1.90. The summed E-state index contributed by atoms with van der Waals surface area (Å²) in [5.74, 6) is -0.977. The topological polar surface area (TPSA) is 52.7 Å². The number of likely N-dealkylation sites (N-methyl/N-ethyl adjacent to an activating group) is 1. The molecule has 0 aliphatic carbocycles. The first-order valence-corrected chi connectivity index (χ1v) is 7.80. The Kier molecular flexibility index (Phi) is 5.55. The Morgan fingerprint density at radius 2 is 1.82 bits per heavy atom. The van der Waals surface area contributed by atoms with Crippen molar-refractivity contribution in [1.29, 1.82) is 0 Å². The number of carbonyl (C=O) groups is 2. The van der Waals surface area contributed by atoms with Crippen molar-refractivity contribution in [1.82, 2.24) is 15.1 Å². The minimum atomic E-state index is -0.530. The first-order chi connectivity index (χ1) is 10.5. The molecule has 2 rings (SSSR count). The fraction of sp³-hybridized carbons (Fsp3) is 0.529. The van der Waals surface area contributed by atoms with Crippen molar-refractivity contribution in [3.05, 3.63) is 35.9 Å². The summed E-state index contributed by atoms with van der Waals surface area (Å²) in [5, 5.41) is 2.78. The Bertz CT molecular complexity index is 510. The molecule has 1 unspecified atom stereocenters. The second-order valence-corrected chi connectivity index (χ2v) is 6.06. The number of amides is 2. The summed E-state index contributed by atoms with van der Waals surface area (Å²) >= 11 is 0. The molecule has 1 aliphatic heterocycles. The summed E-state index contributed by atoms with van der Waals surface area (Å²) in [7, 11) is 3.80. The summed E-state index contributed by atoms with van der Waals surface area (Å²) < 4.78 is 0. The van der Waals surface area contributed by atoms with Crippen LogP contribution in [0.4, 0.5) is 0 Å². The molecule has 22 heavy (non-hydrogen) atoms. The van der Waals surface area contributed by atoms with Gasteiger partial charge in [0, 0.05) is 13.1 Å². The quantitative estimate of drug-likeness (QED) is 0.859. The molecule has 1 aliphatic rings. The van der Waals surface area contributed by atoms with Gasteiger partial charge in [-0.1, -0.05) is 30.3 Å². The fourth-order valence-electron chi connectivity index (χ4n) is 2.79. The third kappa shape index (κ3) is 4.07. The molecule has 1 atom stereocenters. The van der Waals surface area contributed by atoms with Crippen molar-refractivity contribution < 1.29 is 9.59 Å². The van der Waals surface area contributed by atoms with Gasteiger partial charge in [-0.15, -0.1) is 0 Å². The van der Waals surface area contributed by atoms with Crippen LogP contribution in [0.5, 0.6) is 0 Å². The highest BCUT2D eigenvalue weighted by Crippen LogP contribution is 2.15. The van der Waals surface area contributed by atoms with Crippen LogP contribution in [-0.4, -0.2) is 54.8 Å². The Morgan fingerprint density at radius 1 is 1.23 bits per heavy atom. The molecule has 5 nitrogen and oxygen atoms in total. The highest BCUT2D eigenvalue weighted by atomic mass is 16.2. The molecule has 1 N–H and O–H groups in total. The van der Waals surface area contributed by atoms with Crippen molar-refractivity contribution in [3.8, 4) is 0 Å². The summed E-state index contributed by atoms with van der Waals surface area (Å²) in [6.45, 7) is 3.81. The standard InChI is InChI=1S/C17H25N3O2/c1-13(14-7-5-4-6-8-14)18-16(21)17(22)20(3)15-9-11-19(2)12-10-15/h4-8,13,15H,9-12H2,1-3H3,(H,18,21). The largest absolute Gasteiger partial charge is 0.341 e. The molecule has 0 aromatic heterocycles. The van der Waals surface area contributed by atoms with Gasteiger partial charge in [0.05, 0.1) is 6.04 Å². The lowest BCUT2D eigenvalue weighted by Crippen LogP contribution is -2.49. The summed E-state index contributed by atoms with van der Waals surface area (Å²) in [4.78, 5) is 28.3. The third-order valence-corrected chi connectivity index (χ3v) is 4.40. The van der Waals surface area contributed by atoms with Gasteiger partial charge in [0.1, 0.15) is 0 Å². The van der Waals surface area contributed by atoms with Crippen LogP contribution in [0.15, 0.2) is 30.3 Å². The van der Waals surface area contributed by atoms with Crippen LogP contribution < -0.4 is 5.32 Å². The number of benzene rings is 1. The first-order valence-electron chi connectivity index (χ1n) is 7.80. The molecular formula is C17H25N3O2. The van der Waals surface area contributed by atoms with Crippen LogP contribution >= 0.6 is 0 Å². The maximum atomic E-state index is 12.3. The van der Waals surface area contributed by atoms with Gasteiger partial charge in [0.25, 0.3) is 0 Å². The van der Waals surface area contributed by atoms with Crippen LogP contribution in [0.2, 0.25) is 0 Å². The van der Waals surface area contributed by atoms with E-state index in [1.165, 1.54) is 0 Å². The summed E-state index contributed by atoms with van der Waals surface area (Å²) in [6.07, 6.45) is 1.83. The van der Waals surface area contributed by atoms with Crippen LogP contribution in [0.3, 0.4) is 0 Å². The van der Waals surface area contributed by atoms with Crippen molar-refractivity contribution >= 4 is 11.8 Å². The van der Waals surface area contributed by atoms with E-state index in [1.807, 2.05) is 37.3 Å². The fourth-order valence-corrected chi connectivity index (χ4v) is 2.79. The average molecular weight is 303 g/mol. The Labute approximate surface area is 132 Å². The van der Waals surface area contributed by atoms with E-state index < -0.39 is 11.8 Å². The number of hydrogen-bond acceptors (Lipinski definition) is 3. The summed E-state index contributed by atoms with van der Waals surface area (Å²) in [6, 6.07) is 9.63. The molecule has 0 bridgehead atoms. The molecule has 1 fully saturated rings. The number of carbonyl (C=O) groups excluding carboxylic acids is 2. The average Bonchev–Trinajstić information content (AvgIpc) is 2.55. The lowest BCUT2D eigenvalue weighted by Gasteiger charge is -2.34. The molecule has 1 aromatic carbocycles. The normalized spacial score (nSPS) is 17.8. The van der Waals surface area contributed by atoms with Crippen LogP contribution in [0.25, 0.3) is 0 Å². The van der Waals surface area contributed by atoms with E-state index in [0.717, 1.165) is 31.5 Å². The van der Waals surface area contributed by atoms with Crippen LogP contribution in [0, 0.1) is 0 Å². The van der Waals surface area contributed by atoms with E-state index in [4.69, 9.17) is 0 Å². The summed E-state index contributed by atoms with van der Waals surface area (Å²) in [5.41, 5.74) is 0.991. The van der Waals surface area contributed by atoms with Gasteiger partial charge < -0.3 is 15.1 Å². The number of piperidine rings is 1. The van der Waals surface area contributed by atoms with Crippen LogP contribution in [-0.2, 0) is 9.59 Å². The van der Waals surface area contributed by atoms with E-state index >= 15 is 0 Å². The number of nitrogens with one attached hydrogen (secondary N) is 1. The number of nitrogens with zero attached hydrogens (tertiary/aromatic N) is 2. The van der Waals surface area contributed by atoms with Crippen molar-refractivity contribution in [2.75, 3.05) is 27.2 Å². The van der Waals surface area contributed by atoms with E-state index in [2.05, 4.69) is 17.3 Å². The van der Waals surface area contributed by atoms with E-state index in [0.29, 0.717) is 0 Å². The van der Waals surface area contributed by atoms with Crippen molar-refractivity contribution in [2.24, 2.45) is 0 Å². The van der Waals surface area contributed by atoms with E-state index in [9.17, 15) is 9.59 Å². The van der Waals surface area contributed by atoms with E-state index in [1.54, 1.807) is 11.9 Å². The predicted octanol–water partition coefficient (Wildman–Crippen LogP) is 1.42. The lowest BCUT2D eigenvalue weighted by atomic mass is 10.0. The van der Waals surface area contributed by atoms with Gasteiger partial charge in [-0.2, -0.15) is 0 Å². The maximum absolute atomic E-state index is 12.3. The predicted molar refractivity (Wildman–Crippen MR) is 86.3 cm³/mol. The molecule has 0 spiro atoms. The molecule has 120 valence electrons. The maximum Gasteiger partial charge on any atom is 0.311 e. The highest BCUT2D eigenvalue weighted by molar-refractivity contribution is 6.35. The zero-order valence-electron chi connectivity index (χ0n) is 13.6. The molecule has 1 heterocycles. The number of likely N-dealkylation sites (tertiary alicyclic amines) is 1. The van der Waals surface area contributed by atoms with Gasteiger partial charge in [-0.3, -0.25) is 9.59 Å². The van der Waals surface area contributed by atoms with Crippen molar-refractivity contribution in [2.45, 2.75) is 31.8 Å².